The molecule has 2 heteroatoms. The fourth-order valence-electron chi connectivity index (χ4n) is 0.532. The van der Waals surface area contributed by atoms with Gasteiger partial charge in [-0.2, -0.15) is 0 Å². The van der Waals surface area contributed by atoms with Crippen molar-refractivity contribution < 1.29 is 9.18 Å². The highest BCUT2D eigenvalue weighted by molar-refractivity contribution is 5.74. The molecule has 0 unspecified atom stereocenters. The maximum atomic E-state index is 10.0. The number of aldehydes is 1. The molecule has 0 saturated carbocycles. The summed E-state index contributed by atoms with van der Waals surface area (Å²) in [6, 6.07) is 9.10. The highest BCUT2D eigenvalue weighted by atomic mass is 19.1. The summed E-state index contributed by atoms with van der Waals surface area (Å²) in [6.45, 7) is 0. The van der Waals surface area contributed by atoms with Gasteiger partial charge in [-0.25, -0.2) is 0 Å². The van der Waals surface area contributed by atoms with E-state index >= 15 is 0 Å². The molecule has 1 aromatic carbocycles. The van der Waals surface area contributed by atoms with E-state index in [1.165, 1.54) is 0 Å². The lowest BCUT2D eigenvalue weighted by atomic mass is 10.2. The minimum atomic E-state index is 0.500. The zero-order chi connectivity index (χ0) is 7.82. The van der Waals surface area contributed by atoms with Crippen molar-refractivity contribution in [1.29, 1.82) is 0 Å². The van der Waals surface area contributed by atoms with E-state index in [1.807, 2.05) is 18.2 Å². The van der Waals surface area contributed by atoms with Crippen molar-refractivity contribution in [2.45, 2.75) is 0 Å². The molecule has 0 spiro atoms. The van der Waals surface area contributed by atoms with Crippen LogP contribution in [0.3, 0.4) is 0 Å². The third-order valence-electron chi connectivity index (χ3n) is 0.936. The zero-order valence-electron chi connectivity index (χ0n) is 5.75. The minimum absolute atomic E-state index is 0.500. The van der Waals surface area contributed by atoms with Crippen LogP contribution in [0.25, 0.3) is 0 Å². The third kappa shape index (κ3) is 2.97. The molecule has 0 heterocycles. The predicted octanol–water partition coefficient (Wildman–Crippen LogP) is 2.08. The Balaban J connectivity index is 0.000000371. The Morgan fingerprint density at radius 2 is 1.70 bits per heavy atom. The molecular weight excluding hydrogens is 131 g/mol. The van der Waals surface area contributed by atoms with E-state index < -0.39 is 0 Å². The van der Waals surface area contributed by atoms with Crippen molar-refractivity contribution >= 4 is 6.29 Å². The summed E-state index contributed by atoms with van der Waals surface area (Å²) in [7, 11) is 0.500. The van der Waals surface area contributed by atoms with Gasteiger partial charge in [-0.1, -0.05) is 30.3 Å². The molecule has 0 aliphatic rings. The number of rotatable bonds is 1. The molecule has 0 bridgehead atoms. The van der Waals surface area contributed by atoms with Crippen LogP contribution in [0.1, 0.15) is 10.4 Å². The number of benzene rings is 1. The van der Waals surface area contributed by atoms with Gasteiger partial charge < -0.3 is 0 Å². The number of hydrogen-bond donors (Lipinski definition) is 0. The SMILES string of the molecule is CF.O=Cc1ccccc1. The van der Waals surface area contributed by atoms with Gasteiger partial charge in [-0.05, 0) is 0 Å². The van der Waals surface area contributed by atoms with Crippen LogP contribution < -0.4 is 0 Å². The Kier molecular flexibility index (Phi) is 5.25. The molecule has 0 saturated heterocycles. The Bertz CT molecular complexity index is 172. The molecule has 0 atom stereocenters. The second kappa shape index (κ2) is 5.95. The standard InChI is InChI=1S/C7H6O.CH3F/c8-6-7-4-2-1-3-5-7;1-2/h1-6H;1H3. The van der Waals surface area contributed by atoms with Crippen LogP contribution >= 0.6 is 0 Å². The van der Waals surface area contributed by atoms with Crippen LogP contribution in [-0.4, -0.2) is 13.5 Å². The molecule has 1 nitrogen and oxygen atoms in total. The lowest BCUT2D eigenvalue weighted by Crippen LogP contribution is -1.73. The summed E-state index contributed by atoms with van der Waals surface area (Å²) in [6.07, 6.45) is 0.833. The largest absolute Gasteiger partial charge is 0.298 e. The van der Waals surface area contributed by atoms with E-state index in [0.717, 1.165) is 11.8 Å². The van der Waals surface area contributed by atoms with Crippen molar-refractivity contribution in [3.8, 4) is 0 Å². The topological polar surface area (TPSA) is 17.1 Å². The molecule has 1 rings (SSSR count). The van der Waals surface area contributed by atoms with Crippen LogP contribution in [0.4, 0.5) is 4.39 Å². The van der Waals surface area contributed by atoms with Crippen LogP contribution in [0.5, 0.6) is 0 Å². The summed E-state index contributed by atoms with van der Waals surface area (Å²) < 4.78 is 9.50. The monoisotopic (exact) mass is 140 g/mol. The second-order valence-electron chi connectivity index (χ2n) is 1.53. The summed E-state index contributed by atoms with van der Waals surface area (Å²) >= 11 is 0. The number of carbonyl (C=O) groups is 1. The molecular formula is C8H9FO. The van der Waals surface area contributed by atoms with Gasteiger partial charge in [-0.3, -0.25) is 9.18 Å². The van der Waals surface area contributed by atoms with Gasteiger partial charge in [0.25, 0.3) is 0 Å². The molecule has 0 N–H and O–H groups in total. The van der Waals surface area contributed by atoms with Gasteiger partial charge in [0, 0.05) is 5.56 Å². The van der Waals surface area contributed by atoms with Crippen molar-refractivity contribution in [2.75, 3.05) is 7.18 Å². The van der Waals surface area contributed by atoms with Gasteiger partial charge >= 0.3 is 0 Å². The van der Waals surface area contributed by atoms with Crippen LogP contribution in [0.15, 0.2) is 30.3 Å². The fourth-order valence-corrected chi connectivity index (χ4v) is 0.532. The Morgan fingerprint density at radius 1 is 1.20 bits per heavy atom. The molecule has 10 heavy (non-hydrogen) atoms. The third-order valence-corrected chi connectivity index (χ3v) is 0.936. The normalized spacial score (nSPS) is 7.40. The van der Waals surface area contributed by atoms with Crippen LogP contribution in [0, 0.1) is 0 Å². The Labute approximate surface area is 59.5 Å². The van der Waals surface area contributed by atoms with E-state index in [1.54, 1.807) is 12.1 Å². The van der Waals surface area contributed by atoms with E-state index in [9.17, 15) is 9.18 Å². The average molecular weight is 140 g/mol. The van der Waals surface area contributed by atoms with Crippen molar-refractivity contribution in [3.63, 3.8) is 0 Å². The first-order valence-corrected chi connectivity index (χ1v) is 2.81. The molecule has 0 aromatic heterocycles. The maximum absolute atomic E-state index is 10.0. The summed E-state index contributed by atoms with van der Waals surface area (Å²) in [5.74, 6) is 0. The summed E-state index contributed by atoms with van der Waals surface area (Å²) in [5.41, 5.74) is 0.729. The van der Waals surface area contributed by atoms with Crippen molar-refractivity contribution in [3.05, 3.63) is 35.9 Å². The molecule has 0 aliphatic carbocycles. The van der Waals surface area contributed by atoms with Gasteiger partial charge in [0.15, 0.2) is 0 Å². The molecule has 0 amide bonds. The van der Waals surface area contributed by atoms with Crippen LogP contribution in [-0.2, 0) is 0 Å². The zero-order valence-corrected chi connectivity index (χ0v) is 5.75. The van der Waals surface area contributed by atoms with Gasteiger partial charge in [0.05, 0.1) is 7.18 Å². The number of carbonyl (C=O) groups excluding carboxylic acids is 1. The first kappa shape index (κ1) is 8.82. The minimum Gasteiger partial charge on any atom is -0.298 e. The summed E-state index contributed by atoms with van der Waals surface area (Å²) in [4.78, 5) is 10.0. The Hall–Kier alpha value is -1.18. The molecule has 0 fully saturated rings. The van der Waals surface area contributed by atoms with Crippen molar-refractivity contribution in [1.82, 2.24) is 0 Å². The number of hydrogen-bond acceptors (Lipinski definition) is 1. The second-order valence-corrected chi connectivity index (χ2v) is 1.53. The average Bonchev–Trinajstić information content (AvgIpc) is 2.10. The van der Waals surface area contributed by atoms with E-state index in [0.29, 0.717) is 7.18 Å². The molecule has 0 radical (unpaired) electrons. The van der Waals surface area contributed by atoms with Crippen molar-refractivity contribution in [2.24, 2.45) is 0 Å². The smallest absolute Gasteiger partial charge is 0.150 e. The lowest BCUT2D eigenvalue weighted by molar-refractivity contribution is 0.112. The molecule has 0 aliphatic heterocycles. The van der Waals surface area contributed by atoms with E-state index in [4.69, 9.17) is 0 Å². The molecule has 54 valence electrons. The summed E-state index contributed by atoms with van der Waals surface area (Å²) in [5, 5.41) is 0. The van der Waals surface area contributed by atoms with Gasteiger partial charge in [0.1, 0.15) is 6.29 Å². The van der Waals surface area contributed by atoms with Crippen LogP contribution in [0.2, 0.25) is 0 Å². The first-order chi connectivity index (χ1) is 4.93. The lowest BCUT2D eigenvalue weighted by Gasteiger charge is -1.81. The maximum Gasteiger partial charge on any atom is 0.150 e. The molecule has 1 aromatic rings. The van der Waals surface area contributed by atoms with Gasteiger partial charge in [-0.15, -0.1) is 0 Å². The van der Waals surface area contributed by atoms with E-state index in [-0.39, 0.29) is 0 Å². The Morgan fingerprint density at radius 3 is 2.00 bits per heavy atom. The number of halogens is 1. The van der Waals surface area contributed by atoms with Gasteiger partial charge in [0.2, 0.25) is 0 Å². The predicted molar refractivity (Wildman–Crippen MR) is 38.9 cm³/mol. The number of alkyl halides is 1. The quantitative estimate of drug-likeness (QED) is 0.546. The highest BCUT2D eigenvalue weighted by Gasteiger charge is 1.79. The fraction of sp³-hybridized carbons (Fsp3) is 0.125. The van der Waals surface area contributed by atoms with E-state index in [2.05, 4.69) is 0 Å². The highest BCUT2D eigenvalue weighted by Crippen LogP contribution is 1.91. The first-order valence-electron chi connectivity index (χ1n) is 2.81.